The lowest BCUT2D eigenvalue weighted by Gasteiger charge is -2.15. The molecule has 1 N–H and O–H groups in total. The first kappa shape index (κ1) is 12.2. The fourth-order valence-electron chi connectivity index (χ4n) is 2.01. The van der Waals surface area contributed by atoms with Crippen LogP contribution in [0.5, 0.6) is 0 Å². The summed E-state index contributed by atoms with van der Waals surface area (Å²) in [4.78, 5) is 12.1. The minimum absolute atomic E-state index is 0.0112. The molecule has 1 amide bonds. The Morgan fingerprint density at radius 3 is 2.65 bits per heavy atom. The van der Waals surface area contributed by atoms with Crippen LogP contribution in [0.2, 0.25) is 0 Å². The van der Waals surface area contributed by atoms with Gasteiger partial charge in [0.1, 0.15) is 5.69 Å². The van der Waals surface area contributed by atoms with Crippen LogP contribution >= 0.6 is 11.3 Å². The van der Waals surface area contributed by atoms with Gasteiger partial charge in [-0.2, -0.15) is 0 Å². The lowest BCUT2D eigenvalue weighted by atomic mass is 10.3. The summed E-state index contributed by atoms with van der Waals surface area (Å²) in [6.07, 6.45) is 0. The molecule has 0 saturated heterocycles. The van der Waals surface area contributed by atoms with Gasteiger partial charge in [0.15, 0.2) is 0 Å². The van der Waals surface area contributed by atoms with Crippen molar-refractivity contribution in [3.63, 3.8) is 0 Å². The molecule has 92 valence electrons. The third-order valence-electron chi connectivity index (χ3n) is 2.63. The summed E-state index contributed by atoms with van der Waals surface area (Å²) in [5, 5.41) is 5.01. The van der Waals surface area contributed by atoms with Crippen molar-refractivity contribution < 1.29 is 4.79 Å². The highest BCUT2D eigenvalue weighted by atomic mass is 32.1. The number of nitrogens with one attached hydrogen (secondary N) is 1. The van der Waals surface area contributed by atoms with Crippen LogP contribution in [0.1, 0.15) is 44.2 Å². The second-order valence-electron chi connectivity index (χ2n) is 4.79. The Hall–Kier alpha value is -1.29. The van der Waals surface area contributed by atoms with E-state index in [4.69, 9.17) is 0 Å². The summed E-state index contributed by atoms with van der Waals surface area (Å²) in [6.45, 7) is 8.15. The first-order valence-corrected chi connectivity index (χ1v) is 6.78. The van der Waals surface area contributed by atoms with Gasteiger partial charge in [-0.25, -0.2) is 0 Å². The monoisotopic (exact) mass is 250 g/mol. The van der Waals surface area contributed by atoms with Crippen LogP contribution in [0, 0.1) is 0 Å². The molecule has 0 aliphatic rings. The minimum Gasteiger partial charge on any atom is -0.349 e. The number of carbonyl (C=O) groups is 1. The van der Waals surface area contributed by atoms with E-state index in [2.05, 4.69) is 35.2 Å². The lowest BCUT2D eigenvalue weighted by Crippen LogP contribution is -2.32. The van der Waals surface area contributed by atoms with Crippen molar-refractivity contribution in [3.05, 3.63) is 23.2 Å². The number of thiophene rings is 1. The molecule has 2 heterocycles. The summed E-state index contributed by atoms with van der Waals surface area (Å²) in [5.41, 5.74) is 1.91. The van der Waals surface area contributed by atoms with Gasteiger partial charge in [-0.05, 0) is 45.2 Å². The van der Waals surface area contributed by atoms with Gasteiger partial charge in [0.2, 0.25) is 0 Å². The Morgan fingerprint density at radius 1 is 1.35 bits per heavy atom. The molecule has 0 aromatic carbocycles. The number of nitrogens with zero attached hydrogens (tertiary/aromatic N) is 1. The van der Waals surface area contributed by atoms with Crippen molar-refractivity contribution in [2.75, 3.05) is 0 Å². The molecule has 0 aliphatic carbocycles. The highest BCUT2D eigenvalue weighted by molar-refractivity contribution is 7.17. The molecule has 0 spiro atoms. The van der Waals surface area contributed by atoms with Gasteiger partial charge < -0.3 is 9.88 Å². The van der Waals surface area contributed by atoms with Gasteiger partial charge in [0, 0.05) is 12.1 Å². The average Bonchev–Trinajstić information content (AvgIpc) is 2.72. The summed E-state index contributed by atoms with van der Waals surface area (Å²) < 4.78 is 3.27. The zero-order valence-electron chi connectivity index (χ0n) is 10.7. The molecule has 0 radical (unpaired) electrons. The molecule has 17 heavy (non-hydrogen) atoms. The standard InChI is InChI=1S/C13H18N2OS/c1-8(2)14-13(16)11-7-12-10(5-6-17-12)15(11)9(3)4/h5-9H,1-4H3,(H,14,16). The van der Waals surface area contributed by atoms with Crippen LogP contribution in [0.25, 0.3) is 10.2 Å². The first-order chi connectivity index (χ1) is 8.00. The van der Waals surface area contributed by atoms with E-state index in [9.17, 15) is 4.79 Å². The molecule has 0 aliphatic heterocycles. The molecule has 2 aromatic rings. The quantitative estimate of drug-likeness (QED) is 0.889. The molecule has 0 bridgehead atoms. The second kappa shape index (κ2) is 4.53. The number of rotatable bonds is 3. The van der Waals surface area contributed by atoms with Crippen LogP contribution in [-0.4, -0.2) is 16.5 Å². The van der Waals surface area contributed by atoms with Crippen LogP contribution in [0.15, 0.2) is 17.5 Å². The SMILES string of the molecule is CC(C)NC(=O)c1cc2sccc2n1C(C)C. The smallest absolute Gasteiger partial charge is 0.268 e. The number of amides is 1. The molecule has 3 nitrogen and oxygen atoms in total. The summed E-state index contributed by atoms with van der Waals surface area (Å²) in [6, 6.07) is 4.51. The highest BCUT2D eigenvalue weighted by Gasteiger charge is 2.18. The maximum Gasteiger partial charge on any atom is 0.268 e. The molecular formula is C13H18N2OS. The highest BCUT2D eigenvalue weighted by Crippen LogP contribution is 2.28. The van der Waals surface area contributed by atoms with E-state index in [-0.39, 0.29) is 18.0 Å². The molecule has 2 aromatic heterocycles. The zero-order chi connectivity index (χ0) is 12.6. The fraction of sp³-hybridized carbons (Fsp3) is 0.462. The van der Waals surface area contributed by atoms with E-state index in [0.29, 0.717) is 0 Å². The Morgan fingerprint density at radius 2 is 2.06 bits per heavy atom. The number of carbonyl (C=O) groups excluding carboxylic acids is 1. The maximum absolute atomic E-state index is 12.1. The maximum atomic E-state index is 12.1. The summed E-state index contributed by atoms with van der Waals surface area (Å²) in [7, 11) is 0. The van der Waals surface area contributed by atoms with E-state index in [1.807, 2.05) is 19.9 Å². The van der Waals surface area contributed by atoms with Crippen molar-refractivity contribution in [1.29, 1.82) is 0 Å². The van der Waals surface area contributed by atoms with Gasteiger partial charge in [-0.1, -0.05) is 0 Å². The number of aromatic nitrogens is 1. The molecule has 0 saturated carbocycles. The minimum atomic E-state index is 0.0112. The van der Waals surface area contributed by atoms with Crippen molar-refractivity contribution in [2.24, 2.45) is 0 Å². The van der Waals surface area contributed by atoms with Crippen molar-refractivity contribution in [1.82, 2.24) is 9.88 Å². The fourth-order valence-corrected chi connectivity index (χ4v) is 2.82. The second-order valence-corrected chi connectivity index (χ2v) is 5.74. The van der Waals surface area contributed by atoms with Gasteiger partial charge in [0.05, 0.1) is 10.2 Å². The molecule has 2 rings (SSSR count). The predicted octanol–water partition coefficient (Wildman–Crippen LogP) is 3.42. The molecular weight excluding hydrogens is 232 g/mol. The van der Waals surface area contributed by atoms with Crippen LogP contribution in [-0.2, 0) is 0 Å². The largest absolute Gasteiger partial charge is 0.349 e. The van der Waals surface area contributed by atoms with E-state index in [1.54, 1.807) is 11.3 Å². The zero-order valence-corrected chi connectivity index (χ0v) is 11.5. The third-order valence-corrected chi connectivity index (χ3v) is 3.48. The molecule has 4 heteroatoms. The Labute approximate surface area is 105 Å². The van der Waals surface area contributed by atoms with Gasteiger partial charge in [-0.3, -0.25) is 4.79 Å². The van der Waals surface area contributed by atoms with Crippen LogP contribution in [0.4, 0.5) is 0 Å². The van der Waals surface area contributed by atoms with Crippen molar-refractivity contribution in [3.8, 4) is 0 Å². The average molecular weight is 250 g/mol. The number of fused-ring (bicyclic) bond motifs is 1. The molecule has 0 unspecified atom stereocenters. The van der Waals surface area contributed by atoms with Gasteiger partial charge in [-0.15, -0.1) is 11.3 Å². The number of hydrogen-bond acceptors (Lipinski definition) is 2. The van der Waals surface area contributed by atoms with Crippen molar-refractivity contribution >= 4 is 27.5 Å². The predicted molar refractivity (Wildman–Crippen MR) is 72.8 cm³/mol. The lowest BCUT2D eigenvalue weighted by molar-refractivity contribution is 0.0933. The Balaban J connectivity index is 2.49. The number of hydrogen-bond donors (Lipinski definition) is 1. The van der Waals surface area contributed by atoms with Crippen LogP contribution < -0.4 is 5.32 Å². The first-order valence-electron chi connectivity index (χ1n) is 5.90. The van der Waals surface area contributed by atoms with E-state index < -0.39 is 0 Å². The topological polar surface area (TPSA) is 34.0 Å². The van der Waals surface area contributed by atoms with Crippen LogP contribution in [0.3, 0.4) is 0 Å². The summed E-state index contributed by atoms with van der Waals surface area (Å²) >= 11 is 1.68. The van der Waals surface area contributed by atoms with Crippen molar-refractivity contribution in [2.45, 2.75) is 39.8 Å². The van der Waals surface area contributed by atoms with E-state index in [1.165, 1.54) is 4.70 Å². The molecule has 0 atom stereocenters. The Bertz CT molecular complexity index is 537. The van der Waals surface area contributed by atoms with E-state index >= 15 is 0 Å². The van der Waals surface area contributed by atoms with E-state index in [0.717, 1.165) is 11.2 Å². The van der Waals surface area contributed by atoms with Gasteiger partial charge >= 0.3 is 0 Å². The Kier molecular flexibility index (Phi) is 3.24. The van der Waals surface area contributed by atoms with Gasteiger partial charge in [0.25, 0.3) is 5.91 Å². The third kappa shape index (κ3) is 2.22. The molecule has 0 fully saturated rings. The summed E-state index contributed by atoms with van der Waals surface area (Å²) in [5.74, 6) is 0.0112. The normalized spacial score (nSPS) is 11.6.